The maximum Gasteiger partial charge on any atom is 0.246 e. The summed E-state index contributed by atoms with van der Waals surface area (Å²) in [6.45, 7) is 5.54. The fraction of sp³-hybridized carbons (Fsp3) is 0.800. The first-order chi connectivity index (χ1) is 12.2. The molecule has 0 spiro atoms. The van der Waals surface area contributed by atoms with E-state index in [1.807, 2.05) is 13.8 Å². The zero-order valence-corrected chi connectivity index (χ0v) is 16.7. The Morgan fingerprint density at radius 1 is 1.12 bits per heavy atom. The van der Waals surface area contributed by atoms with E-state index in [-0.39, 0.29) is 17.5 Å². The van der Waals surface area contributed by atoms with Crippen LogP contribution in [0.5, 0.6) is 0 Å². The molecule has 0 radical (unpaired) electrons. The van der Waals surface area contributed by atoms with E-state index in [0.29, 0.717) is 45.7 Å². The SMILES string of the molecule is CC(C)n1cc(S(=O)(=O)N2CCCC(S(=O)(=O)N3CCOCC3)C2)cn1. The third-order valence-electron chi connectivity index (χ3n) is 4.84. The highest BCUT2D eigenvalue weighted by atomic mass is 32.2. The van der Waals surface area contributed by atoms with Gasteiger partial charge in [0.25, 0.3) is 0 Å². The highest BCUT2D eigenvalue weighted by molar-refractivity contribution is 7.90. The van der Waals surface area contributed by atoms with Crippen molar-refractivity contribution in [3.8, 4) is 0 Å². The van der Waals surface area contributed by atoms with Gasteiger partial charge in [-0.3, -0.25) is 4.68 Å². The van der Waals surface area contributed by atoms with Gasteiger partial charge in [-0.15, -0.1) is 0 Å². The molecule has 2 saturated heterocycles. The number of morpholine rings is 1. The highest BCUT2D eigenvalue weighted by Crippen LogP contribution is 2.26. The van der Waals surface area contributed by atoms with Crippen molar-refractivity contribution in [2.75, 3.05) is 39.4 Å². The van der Waals surface area contributed by atoms with E-state index in [9.17, 15) is 16.8 Å². The Balaban J connectivity index is 1.78. The summed E-state index contributed by atoms with van der Waals surface area (Å²) >= 11 is 0. The zero-order valence-electron chi connectivity index (χ0n) is 15.1. The van der Waals surface area contributed by atoms with Gasteiger partial charge in [0.2, 0.25) is 20.0 Å². The van der Waals surface area contributed by atoms with E-state index in [4.69, 9.17) is 4.74 Å². The fourth-order valence-corrected chi connectivity index (χ4v) is 6.74. The van der Waals surface area contributed by atoms with Crippen LogP contribution in [0.2, 0.25) is 0 Å². The third kappa shape index (κ3) is 3.81. The largest absolute Gasteiger partial charge is 0.379 e. The number of aromatic nitrogens is 2. The van der Waals surface area contributed by atoms with E-state index in [0.717, 1.165) is 0 Å². The Kier molecular flexibility index (Phi) is 5.73. The second-order valence-electron chi connectivity index (χ2n) is 6.93. The van der Waals surface area contributed by atoms with E-state index in [1.54, 1.807) is 4.68 Å². The van der Waals surface area contributed by atoms with Crippen LogP contribution < -0.4 is 0 Å². The minimum atomic E-state index is -3.76. The predicted octanol–water partition coefficient (Wildman–Crippen LogP) is 0.279. The molecule has 3 rings (SSSR count). The molecule has 26 heavy (non-hydrogen) atoms. The van der Waals surface area contributed by atoms with Gasteiger partial charge in [-0.1, -0.05) is 0 Å². The molecule has 1 unspecified atom stereocenters. The summed E-state index contributed by atoms with van der Waals surface area (Å²) in [4.78, 5) is 0.107. The van der Waals surface area contributed by atoms with Crippen LogP contribution in [0.4, 0.5) is 0 Å². The van der Waals surface area contributed by atoms with Gasteiger partial charge in [-0.05, 0) is 26.7 Å². The summed E-state index contributed by atoms with van der Waals surface area (Å²) < 4.78 is 61.1. The van der Waals surface area contributed by atoms with Crippen molar-refractivity contribution < 1.29 is 21.6 Å². The molecule has 3 heterocycles. The molecular formula is C15H26N4O5S2. The summed E-state index contributed by atoms with van der Waals surface area (Å²) in [5.74, 6) is 0. The first-order valence-electron chi connectivity index (χ1n) is 8.84. The van der Waals surface area contributed by atoms with Crippen molar-refractivity contribution in [1.29, 1.82) is 0 Å². The average molecular weight is 407 g/mol. The lowest BCUT2D eigenvalue weighted by Crippen LogP contribution is -2.51. The number of nitrogens with zero attached hydrogens (tertiary/aromatic N) is 4. The molecule has 1 aromatic heterocycles. The summed E-state index contributed by atoms with van der Waals surface area (Å²) in [6.07, 6.45) is 3.82. The van der Waals surface area contributed by atoms with Crippen LogP contribution in [-0.2, 0) is 24.8 Å². The molecule has 0 amide bonds. The van der Waals surface area contributed by atoms with Gasteiger partial charge in [-0.2, -0.15) is 13.7 Å². The number of sulfonamides is 2. The Labute approximate surface area is 155 Å². The van der Waals surface area contributed by atoms with Crippen LogP contribution in [0, 0.1) is 0 Å². The average Bonchev–Trinajstić information content (AvgIpc) is 3.14. The normalized spacial score (nSPS) is 24.2. The van der Waals surface area contributed by atoms with Crippen LogP contribution in [0.1, 0.15) is 32.7 Å². The lowest BCUT2D eigenvalue weighted by atomic mass is 10.2. The van der Waals surface area contributed by atoms with E-state index in [2.05, 4.69) is 5.10 Å². The van der Waals surface area contributed by atoms with Crippen LogP contribution in [-0.4, -0.2) is 79.9 Å². The molecule has 2 fully saturated rings. The van der Waals surface area contributed by atoms with Gasteiger partial charge < -0.3 is 4.74 Å². The standard InChI is InChI=1S/C15H26N4O5S2/c1-13(2)19-12-15(10-16-19)26(22,23)18-5-3-4-14(11-18)25(20,21)17-6-8-24-9-7-17/h10,12-14H,3-9,11H2,1-2H3. The predicted molar refractivity (Wildman–Crippen MR) is 95.7 cm³/mol. The molecule has 2 aliphatic heterocycles. The topological polar surface area (TPSA) is 102 Å². The molecular weight excluding hydrogens is 380 g/mol. The van der Waals surface area contributed by atoms with Gasteiger partial charge in [0.15, 0.2) is 0 Å². The minimum absolute atomic E-state index is 0.0190. The molecule has 1 aromatic rings. The number of hydrogen-bond acceptors (Lipinski definition) is 6. The summed E-state index contributed by atoms with van der Waals surface area (Å²) in [6, 6.07) is 0.0507. The molecule has 2 aliphatic rings. The Morgan fingerprint density at radius 2 is 1.81 bits per heavy atom. The van der Waals surface area contributed by atoms with Crippen molar-refractivity contribution >= 4 is 20.0 Å². The summed E-state index contributed by atoms with van der Waals surface area (Å²) in [7, 11) is -7.30. The molecule has 9 nitrogen and oxygen atoms in total. The number of ether oxygens (including phenoxy) is 1. The quantitative estimate of drug-likeness (QED) is 0.696. The van der Waals surface area contributed by atoms with Crippen LogP contribution in [0.25, 0.3) is 0 Å². The van der Waals surface area contributed by atoms with Crippen molar-refractivity contribution in [2.45, 2.75) is 42.9 Å². The summed E-state index contributed by atoms with van der Waals surface area (Å²) in [5.41, 5.74) is 0. The molecule has 1 atom stereocenters. The van der Waals surface area contributed by atoms with Crippen LogP contribution in [0.15, 0.2) is 17.3 Å². The van der Waals surface area contributed by atoms with Crippen molar-refractivity contribution in [1.82, 2.24) is 18.4 Å². The van der Waals surface area contributed by atoms with Crippen LogP contribution >= 0.6 is 0 Å². The smallest absolute Gasteiger partial charge is 0.246 e. The zero-order chi connectivity index (χ0) is 18.9. The summed E-state index contributed by atoms with van der Waals surface area (Å²) in [5, 5.41) is 3.37. The Morgan fingerprint density at radius 3 is 2.42 bits per heavy atom. The molecule has 0 aromatic carbocycles. The first kappa shape index (κ1) is 19.7. The lowest BCUT2D eigenvalue weighted by Gasteiger charge is -2.35. The lowest BCUT2D eigenvalue weighted by molar-refractivity contribution is 0.0722. The van der Waals surface area contributed by atoms with Crippen molar-refractivity contribution in [3.05, 3.63) is 12.4 Å². The molecule has 0 aliphatic carbocycles. The number of piperidine rings is 1. The molecule has 0 bridgehead atoms. The molecule has 0 saturated carbocycles. The van der Waals surface area contributed by atoms with Gasteiger partial charge in [0, 0.05) is 38.4 Å². The third-order valence-corrected chi connectivity index (χ3v) is 8.97. The van der Waals surface area contributed by atoms with Crippen LogP contribution in [0.3, 0.4) is 0 Å². The molecule has 0 N–H and O–H groups in total. The second kappa shape index (κ2) is 7.55. The monoisotopic (exact) mass is 406 g/mol. The molecule has 148 valence electrons. The second-order valence-corrected chi connectivity index (χ2v) is 11.1. The Hall–Kier alpha value is -1.01. The maximum atomic E-state index is 12.9. The minimum Gasteiger partial charge on any atom is -0.379 e. The Bertz CT molecular complexity index is 828. The number of rotatable bonds is 5. The fourth-order valence-electron chi connectivity index (χ4n) is 3.26. The van der Waals surface area contributed by atoms with Gasteiger partial charge >= 0.3 is 0 Å². The van der Waals surface area contributed by atoms with E-state index >= 15 is 0 Å². The van der Waals surface area contributed by atoms with Gasteiger partial charge in [0.05, 0.1) is 24.7 Å². The van der Waals surface area contributed by atoms with E-state index in [1.165, 1.54) is 21.0 Å². The molecule has 11 heteroatoms. The first-order valence-corrected chi connectivity index (χ1v) is 11.8. The van der Waals surface area contributed by atoms with Gasteiger partial charge in [0.1, 0.15) is 4.90 Å². The van der Waals surface area contributed by atoms with E-state index < -0.39 is 25.3 Å². The van der Waals surface area contributed by atoms with Gasteiger partial charge in [-0.25, -0.2) is 16.8 Å². The number of hydrogen-bond donors (Lipinski definition) is 0. The highest BCUT2D eigenvalue weighted by Gasteiger charge is 2.39. The van der Waals surface area contributed by atoms with Crippen molar-refractivity contribution in [2.24, 2.45) is 0 Å². The maximum absolute atomic E-state index is 12.9. The van der Waals surface area contributed by atoms with Crippen molar-refractivity contribution in [3.63, 3.8) is 0 Å².